The maximum Gasteiger partial charge on any atom is 0.247 e. The molecule has 19 heavy (non-hydrogen) atoms. The van der Waals surface area contributed by atoms with Crippen molar-refractivity contribution in [2.24, 2.45) is 5.92 Å². The second kappa shape index (κ2) is 6.18. The smallest absolute Gasteiger partial charge is 0.247 e. The molecule has 2 aromatic heterocycles. The van der Waals surface area contributed by atoms with Gasteiger partial charge in [0.15, 0.2) is 0 Å². The van der Waals surface area contributed by atoms with E-state index in [1.807, 2.05) is 41.2 Å². The predicted octanol–water partition coefficient (Wildman–Crippen LogP) is 3.11. The van der Waals surface area contributed by atoms with Crippen LogP contribution in [0.25, 0.3) is 0 Å². The minimum atomic E-state index is -0.185. The molecule has 0 aromatic carbocycles. The van der Waals surface area contributed by atoms with Gasteiger partial charge in [-0.25, -0.2) is 0 Å². The number of nitrogens with zero attached hydrogens (tertiary/aromatic N) is 2. The van der Waals surface area contributed by atoms with E-state index in [0.29, 0.717) is 5.92 Å². The summed E-state index contributed by atoms with van der Waals surface area (Å²) < 4.78 is 1.95. The van der Waals surface area contributed by atoms with Crippen molar-refractivity contribution >= 4 is 11.6 Å². The molecule has 4 heteroatoms. The molecule has 2 rings (SSSR count). The first-order valence-electron chi connectivity index (χ1n) is 6.50. The van der Waals surface area contributed by atoms with E-state index in [9.17, 15) is 4.79 Å². The van der Waals surface area contributed by atoms with Gasteiger partial charge in [-0.3, -0.25) is 9.78 Å². The minimum Gasteiger partial charge on any atom is -0.342 e. The van der Waals surface area contributed by atoms with E-state index in [2.05, 4.69) is 24.1 Å². The normalized spacial score (nSPS) is 12.4. The molecule has 0 saturated carbocycles. The van der Waals surface area contributed by atoms with E-state index in [-0.39, 0.29) is 11.9 Å². The molecule has 100 valence electrons. The molecule has 0 radical (unpaired) electrons. The summed E-state index contributed by atoms with van der Waals surface area (Å²) in [6.07, 6.45) is 8.00. The van der Waals surface area contributed by atoms with Crippen LogP contribution in [0.1, 0.15) is 26.3 Å². The van der Waals surface area contributed by atoms with Crippen molar-refractivity contribution in [3.05, 3.63) is 49.1 Å². The van der Waals surface area contributed by atoms with E-state index < -0.39 is 0 Å². The third-order valence-corrected chi connectivity index (χ3v) is 2.91. The SMILES string of the molecule is CC(C)C[C@@H](C(=O)Nc1cccnc1)n1cccc1. The average molecular weight is 257 g/mol. The van der Waals surface area contributed by atoms with Crippen LogP contribution in [-0.2, 0) is 4.79 Å². The molecule has 0 saturated heterocycles. The molecule has 0 aliphatic heterocycles. The highest BCUT2D eigenvalue weighted by atomic mass is 16.2. The lowest BCUT2D eigenvalue weighted by Crippen LogP contribution is -2.26. The van der Waals surface area contributed by atoms with Crippen LogP contribution < -0.4 is 5.32 Å². The van der Waals surface area contributed by atoms with Crippen molar-refractivity contribution < 1.29 is 4.79 Å². The molecule has 0 unspecified atom stereocenters. The van der Waals surface area contributed by atoms with Gasteiger partial charge in [0.05, 0.1) is 11.9 Å². The second-order valence-electron chi connectivity index (χ2n) is 5.01. The summed E-state index contributed by atoms with van der Waals surface area (Å²) in [6, 6.07) is 7.33. The quantitative estimate of drug-likeness (QED) is 0.894. The molecule has 0 aliphatic rings. The molecule has 2 aromatic rings. The molecule has 0 aliphatic carbocycles. The first-order valence-corrected chi connectivity index (χ1v) is 6.50. The summed E-state index contributed by atoms with van der Waals surface area (Å²) in [5, 5.41) is 2.91. The number of rotatable bonds is 5. The number of hydrogen-bond acceptors (Lipinski definition) is 2. The standard InChI is InChI=1S/C15H19N3O/c1-12(2)10-14(18-8-3-4-9-18)15(19)17-13-6-5-7-16-11-13/h3-9,11-12,14H,10H2,1-2H3,(H,17,19)/t14-/m0/s1. The molecule has 1 amide bonds. The van der Waals surface area contributed by atoms with Crippen molar-refractivity contribution in [3.8, 4) is 0 Å². The highest BCUT2D eigenvalue weighted by molar-refractivity contribution is 5.93. The van der Waals surface area contributed by atoms with Gasteiger partial charge in [0.25, 0.3) is 0 Å². The zero-order chi connectivity index (χ0) is 13.7. The second-order valence-corrected chi connectivity index (χ2v) is 5.01. The lowest BCUT2D eigenvalue weighted by molar-refractivity contribution is -0.119. The number of carbonyl (C=O) groups is 1. The van der Waals surface area contributed by atoms with Gasteiger partial charge in [0.1, 0.15) is 6.04 Å². The highest BCUT2D eigenvalue weighted by Crippen LogP contribution is 2.20. The van der Waals surface area contributed by atoms with Crippen molar-refractivity contribution in [2.45, 2.75) is 26.3 Å². The Morgan fingerprint density at radius 2 is 2.05 bits per heavy atom. The zero-order valence-electron chi connectivity index (χ0n) is 11.3. The van der Waals surface area contributed by atoms with E-state index in [1.165, 1.54) is 0 Å². The molecule has 0 fully saturated rings. The van der Waals surface area contributed by atoms with Crippen LogP contribution in [0.2, 0.25) is 0 Å². The fourth-order valence-corrected chi connectivity index (χ4v) is 2.03. The number of hydrogen-bond donors (Lipinski definition) is 1. The number of carbonyl (C=O) groups excluding carboxylic acids is 1. The monoisotopic (exact) mass is 257 g/mol. The Balaban J connectivity index is 2.12. The number of nitrogens with one attached hydrogen (secondary N) is 1. The summed E-state index contributed by atoms with van der Waals surface area (Å²) in [5.41, 5.74) is 0.730. The Morgan fingerprint density at radius 3 is 2.63 bits per heavy atom. The van der Waals surface area contributed by atoms with Crippen LogP contribution in [-0.4, -0.2) is 15.5 Å². The largest absolute Gasteiger partial charge is 0.342 e. The Bertz CT molecular complexity index is 505. The average Bonchev–Trinajstić information content (AvgIpc) is 2.90. The fourth-order valence-electron chi connectivity index (χ4n) is 2.03. The van der Waals surface area contributed by atoms with E-state index >= 15 is 0 Å². The molecular formula is C15H19N3O. The summed E-state index contributed by atoms with van der Waals surface area (Å²) in [4.78, 5) is 16.4. The number of aromatic nitrogens is 2. The molecular weight excluding hydrogens is 238 g/mol. The van der Waals surface area contributed by atoms with Gasteiger partial charge in [-0.1, -0.05) is 13.8 Å². The Morgan fingerprint density at radius 1 is 1.32 bits per heavy atom. The van der Waals surface area contributed by atoms with Gasteiger partial charge in [0.2, 0.25) is 5.91 Å². The maximum absolute atomic E-state index is 12.4. The predicted molar refractivity (Wildman–Crippen MR) is 75.8 cm³/mol. The Kier molecular flexibility index (Phi) is 4.34. The maximum atomic E-state index is 12.4. The highest BCUT2D eigenvalue weighted by Gasteiger charge is 2.20. The van der Waals surface area contributed by atoms with Gasteiger partial charge < -0.3 is 9.88 Å². The summed E-state index contributed by atoms with van der Waals surface area (Å²) in [5.74, 6) is 0.449. The van der Waals surface area contributed by atoms with Crippen LogP contribution in [0, 0.1) is 5.92 Å². The number of amides is 1. The molecule has 0 bridgehead atoms. The van der Waals surface area contributed by atoms with Crippen LogP contribution in [0.15, 0.2) is 49.1 Å². The first kappa shape index (κ1) is 13.3. The third kappa shape index (κ3) is 3.68. The summed E-state index contributed by atoms with van der Waals surface area (Å²) in [6.45, 7) is 4.24. The van der Waals surface area contributed by atoms with Gasteiger partial charge in [-0.2, -0.15) is 0 Å². The molecule has 2 heterocycles. The zero-order valence-corrected chi connectivity index (χ0v) is 11.3. The third-order valence-electron chi connectivity index (χ3n) is 2.91. The van der Waals surface area contributed by atoms with E-state index in [4.69, 9.17) is 0 Å². The topological polar surface area (TPSA) is 46.9 Å². The van der Waals surface area contributed by atoms with Crippen molar-refractivity contribution in [1.29, 1.82) is 0 Å². The van der Waals surface area contributed by atoms with Crippen molar-refractivity contribution in [3.63, 3.8) is 0 Å². The number of anilines is 1. The van der Waals surface area contributed by atoms with Gasteiger partial charge in [0, 0.05) is 18.6 Å². The van der Waals surface area contributed by atoms with Crippen LogP contribution in [0.3, 0.4) is 0 Å². The van der Waals surface area contributed by atoms with E-state index in [1.54, 1.807) is 12.4 Å². The first-order chi connectivity index (χ1) is 9.16. The Labute approximate surface area is 113 Å². The van der Waals surface area contributed by atoms with Gasteiger partial charge in [-0.05, 0) is 36.6 Å². The van der Waals surface area contributed by atoms with Crippen LogP contribution >= 0.6 is 0 Å². The van der Waals surface area contributed by atoms with Gasteiger partial charge in [-0.15, -0.1) is 0 Å². The van der Waals surface area contributed by atoms with Crippen LogP contribution in [0.4, 0.5) is 5.69 Å². The molecule has 1 atom stereocenters. The summed E-state index contributed by atoms with van der Waals surface area (Å²) >= 11 is 0. The Hall–Kier alpha value is -2.10. The van der Waals surface area contributed by atoms with Crippen molar-refractivity contribution in [1.82, 2.24) is 9.55 Å². The molecule has 4 nitrogen and oxygen atoms in total. The lowest BCUT2D eigenvalue weighted by Gasteiger charge is -2.20. The van der Waals surface area contributed by atoms with E-state index in [0.717, 1.165) is 12.1 Å². The molecule has 0 spiro atoms. The fraction of sp³-hybridized carbons (Fsp3) is 0.333. The lowest BCUT2D eigenvalue weighted by atomic mass is 10.0. The van der Waals surface area contributed by atoms with Crippen molar-refractivity contribution in [2.75, 3.05) is 5.32 Å². The number of pyridine rings is 1. The van der Waals surface area contributed by atoms with Gasteiger partial charge >= 0.3 is 0 Å². The summed E-state index contributed by atoms with van der Waals surface area (Å²) in [7, 11) is 0. The molecule has 1 N–H and O–H groups in total. The minimum absolute atomic E-state index is 0.00194. The van der Waals surface area contributed by atoms with Crippen LogP contribution in [0.5, 0.6) is 0 Å².